The van der Waals surface area contributed by atoms with Crippen LogP contribution in [-0.4, -0.2) is 17.4 Å². The lowest BCUT2D eigenvalue weighted by Gasteiger charge is -2.03. The van der Waals surface area contributed by atoms with Gasteiger partial charge >= 0.3 is 0 Å². The van der Waals surface area contributed by atoms with E-state index in [4.69, 9.17) is 23.2 Å². The molecule has 6 heteroatoms. The van der Waals surface area contributed by atoms with E-state index in [9.17, 15) is 4.79 Å². The van der Waals surface area contributed by atoms with Crippen molar-refractivity contribution in [1.29, 1.82) is 0 Å². The standard InChI is InChI=1S/C15H12Cl2N2OS/c16-13-7-11(14(17)21-13)15(20)18-6-5-9-8-19-12-4-2-1-3-10(9)12/h1-4,7-8,19H,5-6H2,(H,18,20). The fraction of sp³-hybridized carbons (Fsp3) is 0.133. The fourth-order valence-electron chi connectivity index (χ4n) is 2.24. The molecule has 0 bridgehead atoms. The number of nitrogens with one attached hydrogen (secondary N) is 2. The average Bonchev–Trinajstić information content (AvgIpc) is 3.02. The first kappa shape index (κ1) is 14.4. The third kappa shape index (κ3) is 3.07. The first-order valence-electron chi connectivity index (χ1n) is 6.43. The van der Waals surface area contributed by atoms with Gasteiger partial charge in [0.05, 0.1) is 9.90 Å². The van der Waals surface area contributed by atoms with Gasteiger partial charge in [0.15, 0.2) is 0 Å². The highest BCUT2D eigenvalue weighted by Gasteiger charge is 2.13. The summed E-state index contributed by atoms with van der Waals surface area (Å²) in [6.07, 6.45) is 2.73. The maximum atomic E-state index is 12.0. The molecule has 21 heavy (non-hydrogen) atoms. The maximum Gasteiger partial charge on any atom is 0.253 e. The summed E-state index contributed by atoms with van der Waals surface area (Å²) < 4.78 is 0.936. The van der Waals surface area contributed by atoms with Crippen LogP contribution >= 0.6 is 34.5 Å². The Labute approximate surface area is 135 Å². The summed E-state index contributed by atoms with van der Waals surface area (Å²) in [5.41, 5.74) is 2.72. The number of halogens is 2. The third-order valence-corrected chi connectivity index (χ3v) is 4.74. The van der Waals surface area contributed by atoms with Gasteiger partial charge in [-0.1, -0.05) is 41.4 Å². The van der Waals surface area contributed by atoms with E-state index >= 15 is 0 Å². The number of para-hydroxylation sites is 1. The number of hydrogen-bond acceptors (Lipinski definition) is 2. The largest absolute Gasteiger partial charge is 0.361 e. The summed E-state index contributed by atoms with van der Waals surface area (Å²) in [4.78, 5) is 15.2. The third-order valence-electron chi connectivity index (χ3n) is 3.26. The summed E-state index contributed by atoms with van der Waals surface area (Å²) in [5, 5.41) is 4.05. The van der Waals surface area contributed by atoms with Crippen molar-refractivity contribution in [2.45, 2.75) is 6.42 Å². The second kappa shape index (κ2) is 6.10. The van der Waals surface area contributed by atoms with Gasteiger partial charge in [-0.3, -0.25) is 4.79 Å². The minimum atomic E-state index is -0.192. The predicted molar refractivity (Wildman–Crippen MR) is 88.7 cm³/mol. The fourth-order valence-corrected chi connectivity index (χ4v) is 3.70. The molecular weight excluding hydrogens is 327 g/mol. The Morgan fingerprint density at radius 3 is 2.86 bits per heavy atom. The van der Waals surface area contributed by atoms with Gasteiger partial charge in [-0.25, -0.2) is 0 Å². The van der Waals surface area contributed by atoms with E-state index in [0.29, 0.717) is 20.8 Å². The molecule has 0 unspecified atom stereocenters. The van der Waals surface area contributed by atoms with Crippen molar-refractivity contribution >= 4 is 51.3 Å². The van der Waals surface area contributed by atoms with Crippen LogP contribution in [0.15, 0.2) is 36.5 Å². The van der Waals surface area contributed by atoms with Gasteiger partial charge in [0.1, 0.15) is 4.34 Å². The highest BCUT2D eigenvalue weighted by molar-refractivity contribution is 7.20. The zero-order valence-corrected chi connectivity index (χ0v) is 13.3. The first-order chi connectivity index (χ1) is 10.1. The topological polar surface area (TPSA) is 44.9 Å². The van der Waals surface area contributed by atoms with Gasteiger partial charge in [-0.2, -0.15) is 0 Å². The number of aromatic nitrogens is 1. The number of rotatable bonds is 4. The van der Waals surface area contributed by atoms with E-state index in [1.54, 1.807) is 6.07 Å². The second-order valence-electron chi connectivity index (χ2n) is 4.60. The van der Waals surface area contributed by atoms with Gasteiger partial charge in [-0.15, -0.1) is 11.3 Å². The highest BCUT2D eigenvalue weighted by atomic mass is 35.5. The number of fused-ring (bicyclic) bond motifs is 1. The van der Waals surface area contributed by atoms with E-state index in [-0.39, 0.29) is 5.91 Å². The Bertz CT molecular complexity index is 794. The van der Waals surface area contributed by atoms with Crippen LogP contribution in [0.1, 0.15) is 15.9 Å². The van der Waals surface area contributed by atoms with Crippen LogP contribution in [0.25, 0.3) is 10.9 Å². The lowest BCUT2D eigenvalue weighted by molar-refractivity contribution is 0.0955. The van der Waals surface area contributed by atoms with E-state index in [0.717, 1.165) is 11.9 Å². The molecule has 0 spiro atoms. The predicted octanol–water partition coefficient (Wildman–Crippen LogP) is 4.51. The molecule has 3 rings (SSSR count). The summed E-state index contributed by atoms with van der Waals surface area (Å²) in [7, 11) is 0. The summed E-state index contributed by atoms with van der Waals surface area (Å²) in [6.45, 7) is 0.546. The number of carbonyl (C=O) groups excluding carboxylic acids is 1. The van der Waals surface area contributed by atoms with Crippen molar-refractivity contribution in [3.8, 4) is 0 Å². The Hall–Kier alpha value is -1.49. The number of aromatic amines is 1. The second-order valence-corrected chi connectivity index (χ2v) is 6.89. The molecule has 0 aliphatic carbocycles. The van der Waals surface area contributed by atoms with Crippen molar-refractivity contribution < 1.29 is 4.79 Å². The first-order valence-corrected chi connectivity index (χ1v) is 8.00. The molecule has 0 radical (unpaired) electrons. The molecule has 0 atom stereocenters. The van der Waals surface area contributed by atoms with E-state index in [1.165, 1.54) is 22.3 Å². The van der Waals surface area contributed by atoms with Gasteiger partial charge in [0, 0.05) is 23.6 Å². The smallest absolute Gasteiger partial charge is 0.253 e. The maximum absolute atomic E-state index is 12.0. The van der Waals surface area contributed by atoms with Crippen LogP contribution in [-0.2, 0) is 6.42 Å². The zero-order chi connectivity index (χ0) is 14.8. The molecular formula is C15H12Cl2N2OS. The quantitative estimate of drug-likeness (QED) is 0.722. The molecule has 3 aromatic rings. The number of carbonyl (C=O) groups is 1. The van der Waals surface area contributed by atoms with Crippen LogP contribution in [0.2, 0.25) is 8.67 Å². The molecule has 0 aliphatic heterocycles. The Kier molecular flexibility index (Phi) is 4.19. The Balaban J connectivity index is 1.64. The molecule has 108 valence electrons. The lowest BCUT2D eigenvalue weighted by atomic mass is 10.1. The number of thiophene rings is 1. The van der Waals surface area contributed by atoms with E-state index in [1.807, 2.05) is 24.4 Å². The molecule has 2 aromatic heterocycles. The van der Waals surface area contributed by atoms with E-state index in [2.05, 4.69) is 16.4 Å². The van der Waals surface area contributed by atoms with Crippen molar-refractivity contribution in [2.75, 3.05) is 6.54 Å². The lowest BCUT2D eigenvalue weighted by Crippen LogP contribution is -2.25. The molecule has 0 saturated heterocycles. The van der Waals surface area contributed by atoms with Crippen LogP contribution in [0.4, 0.5) is 0 Å². The molecule has 0 saturated carbocycles. The number of amides is 1. The molecule has 0 fully saturated rings. The number of H-pyrrole nitrogens is 1. The van der Waals surface area contributed by atoms with Gasteiger partial charge in [-0.05, 0) is 24.1 Å². The van der Waals surface area contributed by atoms with Crippen molar-refractivity contribution in [3.05, 3.63) is 56.3 Å². The molecule has 1 aromatic carbocycles. The molecule has 2 heterocycles. The molecule has 2 N–H and O–H groups in total. The van der Waals surface area contributed by atoms with Crippen LogP contribution < -0.4 is 5.32 Å². The van der Waals surface area contributed by atoms with Gasteiger partial charge in [0.2, 0.25) is 0 Å². The SMILES string of the molecule is O=C(NCCc1c[nH]c2ccccc12)c1cc(Cl)sc1Cl. The monoisotopic (exact) mass is 338 g/mol. The molecule has 3 nitrogen and oxygen atoms in total. The van der Waals surface area contributed by atoms with Crippen molar-refractivity contribution in [1.82, 2.24) is 10.3 Å². The van der Waals surface area contributed by atoms with Gasteiger partial charge < -0.3 is 10.3 Å². The Morgan fingerprint density at radius 1 is 1.29 bits per heavy atom. The highest BCUT2D eigenvalue weighted by Crippen LogP contribution is 2.30. The Morgan fingerprint density at radius 2 is 2.10 bits per heavy atom. The van der Waals surface area contributed by atoms with Crippen LogP contribution in [0.3, 0.4) is 0 Å². The van der Waals surface area contributed by atoms with Gasteiger partial charge in [0.25, 0.3) is 5.91 Å². The van der Waals surface area contributed by atoms with Crippen LogP contribution in [0.5, 0.6) is 0 Å². The van der Waals surface area contributed by atoms with E-state index < -0.39 is 0 Å². The number of hydrogen-bond donors (Lipinski definition) is 2. The van der Waals surface area contributed by atoms with Crippen LogP contribution in [0, 0.1) is 0 Å². The molecule has 1 amide bonds. The minimum absolute atomic E-state index is 0.192. The van der Waals surface area contributed by atoms with Crippen molar-refractivity contribution in [3.63, 3.8) is 0 Å². The summed E-state index contributed by atoms with van der Waals surface area (Å²) >= 11 is 13.0. The zero-order valence-electron chi connectivity index (χ0n) is 11.0. The summed E-state index contributed by atoms with van der Waals surface area (Å²) in [5.74, 6) is -0.192. The minimum Gasteiger partial charge on any atom is -0.361 e. The normalized spacial score (nSPS) is 11.0. The molecule has 0 aliphatic rings. The average molecular weight is 339 g/mol. The van der Waals surface area contributed by atoms with Crippen molar-refractivity contribution in [2.24, 2.45) is 0 Å². The number of benzene rings is 1. The summed E-state index contributed by atoms with van der Waals surface area (Å²) in [6, 6.07) is 9.69.